The third-order valence-corrected chi connectivity index (χ3v) is 5.63. The largest absolute Gasteiger partial charge is 0.497 e. The first kappa shape index (κ1) is 19.0. The van der Waals surface area contributed by atoms with Crippen molar-refractivity contribution in [2.75, 3.05) is 27.7 Å². The van der Waals surface area contributed by atoms with Crippen LogP contribution in [0.25, 0.3) is 0 Å². The van der Waals surface area contributed by atoms with Gasteiger partial charge in [0.05, 0.1) is 18.6 Å². The van der Waals surface area contributed by atoms with E-state index in [9.17, 15) is 13.2 Å². The molecule has 7 heteroatoms. The molecule has 0 radical (unpaired) electrons. The second kappa shape index (κ2) is 8.13. The Morgan fingerprint density at radius 3 is 2.16 bits per heavy atom. The van der Waals surface area contributed by atoms with Crippen molar-refractivity contribution < 1.29 is 17.9 Å². The van der Waals surface area contributed by atoms with Crippen molar-refractivity contribution in [3.63, 3.8) is 0 Å². The average molecular weight is 362 g/mol. The van der Waals surface area contributed by atoms with Crippen molar-refractivity contribution in [3.8, 4) is 5.75 Å². The van der Waals surface area contributed by atoms with Crippen molar-refractivity contribution in [1.82, 2.24) is 9.21 Å². The Kier molecular flexibility index (Phi) is 6.17. The van der Waals surface area contributed by atoms with Crippen LogP contribution in [0.5, 0.6) is 5.75 Å². The van der Waals surface area contributed by atoms with Crippen LogP contribution in [-0.4, -0.2) is 51.3 Å². The molecular formula is C18H22N2O4S. The average Bonchev–Trinajstić information content (AvgIpc) is 2.62. The van der Waals surface area contributed by atoms with Gasteiger partial charge >= 0.3 is 0 Å². The highest BCUT2D eigenvalue weighted by molar-refractivity contribution is 7.89. The fourth-order valence-electron chi connectivity index (χ4n) is 2.27. The van der Waals surface area contributed by atoms with Gasteiger partial charge in [-0.15, -0.1) is 0 Å². The van der Waals surface area contributed by atoms with Crippen LogP contribution in [0.1, 0.15) is 5.56 Å². The lowest BCUT2D eigenvalue weighted by molar-refractivity contribution is -0.130. The number of methoxy groups -OCH3 is 1. The third-order valence-electron chi connectivity index (χ3n) is 3.81. The minimum absolute atomic E-state index is 0.120. The van der Waals surface area contributed by atoms with Gasteiger partial charge in [-0.3, -0.25) is 4.79 Å². The molecule has 0 N–H and O–H groups in total. The molecule has 0 aliphatic carbocycles. The highest BCUT2D eigenvalue weighted by Gasteiger charge is 2.24. The lowest BCUT2D eigenvalue weighted by atomic mass is 10.2. The summed E-state index contributed by atoms with van der Waals surface area (Å²) < 4.78 is 31.2. The monoisotopic (exact) mass is 362 g/mol. The Labute approximate surface area is 148 Å². The number of ether oxygens (including phenoxy) is 1. The maximum atomic E-state index is 12.6. The third kappa shape index (κ3) is 4.80. The SMILES string of the molecule is COc1ccc(S(=O)(=O)N(C)CC(=O)N(C)Cc2ccccc2)cc1. The molecule has 2 aromatic rings. The summed E-state index contributed by atoms with van der Waals surface area (Å²) in [5.74, 6) is 0.295. The van der Waals surface area contributed by atoms with Crippen molar-refractivity contribution in [3.05, 3.63) is 60.2 Å². The second-order valence-electron chi connectivity index (χ2n) is 5.67. The van der Waals surface area contributed by atoms with Gasteiger partial charge in [-0.05, 0) is 29.8 Å². The Balaban J connectivity index is 2.03. The summed E-state index contributed by atoms with van der Waals surface area (Å²) in [4.78, 5) is 14.0. The van der Waals surface area contributed by atoms with Gasteiger partial charge in [0.2, 0.25) is 15.9 Å². The molecule has 1 amide bonds. The van der Waals surface area contributed by atoms with Gasteiger partial charge in [0.1, 0.15) is 5.75 Å². The molecule has 0 bridgehead atoms. The van der Waals surface area contributed by atoms with Crippen LogP contribution in [0.4, 0.5) is 0 Å². The van der Waals surface area contributed by atoms with Crippen molar-refractivity contribution in [2.24, 2.45) is 0 Å². The summed E-state index contributed by atoms with van der Waals surface area (Å²) in [6, 6.07) is 15.6. The molecule has 25 heavy (non-hydrogen) atoms. The standard InChI is InChI=1S/C18H22N2O4S/c1-19(13-15-7-5-4-6-8-15)18(21)14-20(2)25(22,23)17-11-9-16(24-3)10-12-17/h4-12H,13-14H2,1-3H3. The van der Waals surface area contributed by atoms with E-state index in [0.717, 1.165) is 9.87 Å². The molecule has 0 fully saturated rings. The van der Waals surface area contributed by atoms with E-state index in [1.165, 1.54) is 31.2 Å². The van der Waals surface area contributed by atoms with E-state index in [1.807, 2.05) is 30.3 Å². The van der Waals surface area contributed by atoms with Gasteiger partial charge in [0, 0.05) is 20.6 Å². The number of amides is 1. The number of rotatable bonds is 7. The molecule has 134 valence electrons. The van der Waals surface area contributed by atoms with Gasteiger partial charge < -0.3 is 9.64 Å². The molecule has 0 saturated carbocycles. The Morgan fingerprint density at radius 2 is 1.60 bits per heavy atom. The molecule has 0 aromatic heterocycles. The van der Waals surface area contributed by atoms with E-state index in [4.69, 9.17) is 4.74 Å². The van der Waals surface area contributed by atoms with Crippen LogP contribution in [0, 0.1) is 0 Å². The number of nitrogens with zero attached hydrogens (tertiary/aromatic N) is 2. The molecule has 2 aromatic carbocycles. The second-order valence-corrected chi connectivity index (χ2v) is 7.72. The van der Waals surface area contributed by atoms with Crippen molar-refractivity contribution in [1.29, 1.82) is 0 Å². The van der Waals surface area contributed by atoms with Crippen molar-refractivity contribution in [2.45, 2.75) is 11.4 Å². The lowest BCUT2D eigenvalue weighted by Gasteiger charge is -2.22. The number of carbonyl (C=O) groups is 1. The van der Waals surface area contributed by atoms with E-state index in [-0.39, 0.29) is 17.3 Å². The van der Waals surface area contributed by atoms with E-state index in [0.29, 0.717) is 12.3 Å². The number of benzene rings is 2. The zero-order chi connectivity index (χ0) is 18.4. The molecular weight excluding hydrogens is 340 g/mol. The van der Waals surface area contributed by atoms with E-state index < -0.39 is 10.0 Å². The van der Waals surface area contributed by atoms with Crippen LogP contribution < -0.4 is 4.74 Å². The highest BCUT2D eigenvalue weighted by Crippen LogP contribution is 2.18. The van der Waals surface area contributed by atoms with Crippen molar-refractivity contribution >= 4 is 15.9 Å². The topological polar surface area (TPSA) is 66.9 Å². The molecule has 0 atom stereocenters. The number of hydrogen-bond donors (Lipinski definition) is 0. The molecule has 0 saturated heterocycles. The normalized spacial score (nSPS) is 11.4. The van der Waals surface area contributed by atoms with E-state index in [1.54, 1.807) is 19.2 Å². The minimum Gasteiger partial charge on any atom is -0.497 e. The molecule has 2 rings (SSSR count). The highest BCUT2D eigenvalue weighted by atomic mass is 32.2. The lowest BCUT2D eigenvalue weighted by Crippen LogP contribution is -2.39. The van der Waals surface area contributed by atoms with Gasteiger partial charge in [0.25, 0.3) is 0 Å². The number of likely N-dealkylation sites (N-methyl/N-ethyl adjacent to an activating group) is 2. The van der Waals surface area contributed by atoms with Gasteiger partial charge in [0.15, 0.2) is 0 Å². The van der Waals surface area contributed by atoms with E-state index >= 15 is 0 Å². The summed E-state index contributed by atoms with van der Waals surface area (Å²) in [6.07, 6.45) is 0. The summed E-state index contributed by atoms with van der Waals surface area (Å²) in [5, 5.41) is 0. The number of sulfonamides is 1. The maximum Gasteiger partial charge on any atom is 0.243 e. The maximum absolute atomic E-state index is 12.6. The predicted octanol–water partition coefficient (Wildman–Crippen LogP) is 1.97. The number of hydrogen-bond acceptors (Lipinski definition) is 4. The fourth-order valence-corrected chi connectivity index (χ4v) is 3.39. The minimum atomic E-state index is -3.74. The Morgan fingerprint density at radius 1 is 1.00 bits per heavy atom. The predicted molar refractivity (Wildman–Crippen MR) is 95.7 cm³/mol. The molecule has 0 aliphatic rings. The Bertz CT molecular complexity index is 805. The zero-order valence-electron chi connectivity index (χ0n) is 14.5. The first-order valence-electron chi connectivity index (χ1n) is 7.73. The van der Waals surface area contributed by atoms with Crippen LogP contribution >= 0.6 is 0 Å². The first-order chi connectivity index (χ1) is 11.8. The molecule has 6 nitrogen and oxygen atoms in total. The van der Waals surface area contributed by atoms with Gasteiger partial charge in [-0.25, -0.2) is 8.42 Å². The van der Waals surface area contributed by atoms with Gasteiger partial charge in [-0.1, -0.05) is 30.3 Å². The van der Waals surface area contributed by atoms with E-state index in [2.05, 4.69) is 0 Å². The van der Waals surface area contributed by atoms with Gasteiger partial charge in [-0.2, -0.15) is 4.31 Å². The molecule has 0 unspecified atom stereocenters. The summed E-state index contributed by atoms with van der Waals surface area (Å²) >= 11 is 0. The smallest absolute Gasteiger partial charge is 0.243 e. The summed E-state index contributed by atoms with van der Waals surface area (Å²) in [7, 11) is 0.828. The molecule has 0 spiro atoms. The quantitative estimate of drug-likeness (QED) is 0.755. The van der Waals surface area contributed by atoms with Crippen LogP contribution in [0.3, 0.4) is 0 Å². The van der Waals surface area contributed by atoms with Crippen LogP contribution in [0.15, 0.2) is 59.5 Å². The Hall–Kier alpha value is -2.38. The number of carbonyl (C=O) groups excluding carboxylic acids is 1. The summed E-state index contributed by atoms with van der Waals surface area (Å²) in [5.41, 5.74) is 0.985. The zero-order valence-corrected chi connectivity index (χ0v) is 15.4. The van der Waals surface area contributed by atoms with Crippen LogP contribution in [-0.2, 0) is 21.4 Å². The fraction of sp³-hybridized carbons (Fsp3) is 0.278. The molecule has 0 heterocycles. The van der Waals surface area contributed by atoms with Crippen LogP contribution in [0.2, 0.25) is 0 Å². The first-order valence-corrected chi connectivity index (χ1v) is 9.17. The molecule has 0 aliphatic heterocycles. The summed E-state index contributed by atoms with van der Waals surface area (Å²) in [6.45, 7) is 0.202.